The lowest BCUT2D eigenvalue weighted by Gasteiger charge is -2.14. The van der Waals surface area contributed by atoms with Crippen molar-refractivity contribution in [2.24, 2.45) is 0 Å². The number of hydrogen-bond donors (Lipinski definition) is 0. The third kappa shape index (κ3) is 3.80. The molecule has 6 aromatic rings. The van der Waals surface area contributed by atoms with E-state index in [9.17, 15) is 0 Å². The number of ether oxygens (including phenoxy) is 1. The Morgan fingerprint density at radius 1 is 0.711 bits per heavy atom. The highest BCUT2D eigenvalue weighted by molar-refractivity contribution is 6.63. The topological polar surface area (TPSA) is 48.8 Å². The van der Waals surface area contributed by atoms with Crippen LogP contribution in [-0.2, 0) is 0 Å². The van der Waals surface area contributed by atoms with E-state index in [1.807, 2.05) is 81.0 Å². The van der Waals surface area contributed by atoms with Gasteiger partial charge in [-0.05, 0) is 48.5 Å². The highest BCUT2D eigenvalue weighted by atomic mass is 16.6. The number of anilines is 1. The number of para-hydroxylation sites is 3. The Morgan fingerprint density at radius 2 is 1.45 bits per heavy atom. The first-order chi connectivity index (χ1) is 18.6. The van der Waals surface area contributed by atoms with Crippen LogP contribution in [0.4, 0.5) is 5.69 Å². The number of nitrogens with zero attached hydrogens (tertiary/aromatic N) is 3. The van der Waals surface area contributed by atoms with Gasteiger partial charge in [-0.25, -0.2) is 4.98 Å². The third-order valence-electron chi connectivity index (χ3n) is 6.80. The number of pyridine rings is 1. The van der Waals surface area contributed by atoms with E-state index in [1.54, 1.807) is 0 Å². The highest BCUT2D eigenvalue weighted by Gasteiger charge is 2.34. The zero-order valence-corrected chi connectivity index (χ0v) is 21.0. The second-order valence-corrected chi connectivity index (χ2v) is 9.49. The molecule has 0 saturated carbocycles. The summed E-state index contributed by atoms with van der Waals surface area (Å²) in [5.74, 6) is 3.79. The van der Waals surface area contributed by atoms with Gasteiger partial charge < -0.3 is 18.9 Å². The van der Waals surface area contributed by atoms with Gasteiger partial charge >= 0.3 is 7.12 Å². The van der Waals surface area contributed by atoms with Crippen LogP contribution in [0.2, 0.25) is 0 Å². The molecule has 4 aromatic carbocycles. The normalized spacial score (nSPS) is 12.3. The molecule has 0 radical (unpaired) electrons. The number of rotatable bonds is 5. The van der Waals surface area contributed by atoms with Crippen LogP contribution in [0.5, 0.6) is 23.0 Å². The first-order valence-corrected chi connectivity index (χ1v) is 12.5. The Bertz CT molecular complexity index is 1790. The van der Waals surface area contributed by atoms with Crippen LogP contribution in [-0.4, -0.2) is 30.8 Å². The molecule has 0 N–H and O–H groups in total. The van der Waals surface area contributed by atoms with E-state index in [0.29, 0.717) is 5.75 Å². The summed E-state index contributed by atoms with van der Waals surface area (Å²) in [7, 11) is 3.56. The van der Waals surface area contributed by atoms with Crippen LogP contribution in [0.1, 0.15) is 0 Å². The molecule has 1 aliphatic rings. The maximum atomic E-state index is 6.36. The van der Waals surface area contributed by atoms with Gasteiger partial charge in [0.2, 0.25) is 0 Å². The summed E-state index contributed by atoms with van der Waals surface area (Å²) < 4.78 is 20.5. The molecule has 0 saturated heterocycles. The molecule has 7 rings (SSSR count). The van der Waals surface area contributed by atoms with E-state index in [1.165, 1.54) is 5.39 Å². The molecule has 3 heterocycles. The fourth-order valence-corrected chi connectivity index (χ4v) is 4.97. The van der Waals surface area contributed by atoms with Crippen LogP contribution < -0.4 is 24.4 Å². The van der Waals surface area contributed by atoms with Gasteiger partial charge in [-0.1, -0.05) is 42.5 Å². The number of benzene rings is 4. The Hall–Kier alpha value is -4.91. The fraction of sp³-hybridized carbons (Fsp3) is 0.0645. The van der Waals surface area contributed by atoms with E-state index >= 15 is 0 Å². The summed E-state index contributed by atoms with van der Waals surface area (Å²) in [5, 5.41) is 2.31. The van der Waals surface area contributed by atoms with E-state index < -0.39 is 7.12 Å². The van der Waals surface area contributed by atoms with E-state index in [-0.39, 0.29) is 0 Å². The minimum absolute atomic E-state index is 0.504. The van der Waals surface area contributed by atoms with Crippen molar-refractivity contribution in [3.63, 3.8) is 0 Å². The van der Waals surface area contributed by atoms with Crippen molar-refractivity contribution in [2.45, 2.75) is 0 Å². The van der Waals surface area contributed by atoms with Crippen molar-refractivity contribution >= 4 is 40.1 Å². The lowest BCUT2D eigenvalue weighted by molar-refractivity contribution is 0.482. The van der Waals surface area contributed by atoms with E-state index in [2.05, 4.69) is 51.9 Å². The number of fused-ring (bicyclic) bond motifs is 4. The van der Waals surface area contributed by atoms with Gasteiger partial charge in [0, 0.05) is 54.3 Å². The molecule has 0 atom stereocenters. The van der Waals surface area contributed by atoms with Gasteiger partial charge in [-0.3, -0.25) is 4.57 Å². The van der Waals surface area contributed by atoms with Crippen LogP contribution in [0, 0.1) is 0 Å². The van der Waals surface area contributed by atoms with Gasteiger partial charge in [0.25, 0.3) is 0 Å². The molecule has 0 fully saturated rings. The van der Waals surface area contributed by atoms with Crippen molar-refractivity contribution < 1.29 is 14.0 Å². The first kappa shape index (κ1) is 22.3. The lowest BCUT2D eigenvalue weighted by Crippen LogP contribution is -2.38. The van der Waals surface area contributed by atoms with Crippen LogP contribution in [0.15, 0.2) is 109 Å². The average molecular weight is 497 g/mol. The molecule has 0 unspecified atom stereocenters. The van der Waals surface area contributed by atoms with Crippen molar-refractivity contribution in [3.8, 4) is 28.8 Å². The number of aromatic nitrogens is 2. The molecule has 7 heteroatoms. The lowest BCUT2D eigenvalue weighted by atomic mass is 9.79. The molecular weight excluding hydrogens is 473 g/mol. The largest absolute Gasteiger partial charge is 0.632 e. The van der Waals surface area contributed by atoms with Crippen molar-refractivity contribution in [1.29, 1.82) is 0 Å². The molecule has 0 spiro atoms. The summed E-state index contributed by atoms with van der Waals surface area (Å²) in [6.45, 7) is 0. The van der Waals surface area contributed by atoms with Gasteiger partial charge in [0.1, 0.15) is 28.8 Å². The smallest absolute Gasteiger partial charge is 0.519 e. The Balaban J connectivity index is 1.27. The summed E-state index contributed by atoms with van der Waals surface area (Å²) in [4.78, 5) is 6.80. The van der Waals surface area contributed by atoms with Crippen molar-refractivity contribution in [2.75, 3.05) is 19.0 Å². The van der Waals surface area contributed by atoms with E-state index in [4.69, 9.17) is 19.0 Å². The number of hydrogen-bond acceptors (Lipinski definition) is 5. The monoisotopic (exact) mass is 497 g/mol. The van der Waals surface area contributed by atoms with Crippen LogP contribution in [0.25, 0.3) is 27.6 Å². The summed E-state index contributed by atoms with van der Waals surface area (Å²) in [6.07, 6.45) is 1.85. The maximum absolute atomic E-state index is 6.36. The van der Waals surface area contributed by atoms with Gasteiger partial charge in [-0.15, -0.1) is 0 Å². The highest BCUT2D eigenvalue weighted by Crippen LogP contribution is 2.36. The zero-order chi connectivity index (χ0) is 25.6. The predicted molar refractivity (Wildman–Crippen MR) is 153 cm³/mol. The van der Waals surface area contributed by atoms with Crippen molar-refractivity contribution in [1.82, 2.24) is 9.55 Å². The predicted octanol–water partition coefficient (Wildman–Crippen LogP) is 6.20. The first-order valence-electron chi connectivity index (χ1n) is 12.5. The molecule has 2 aromatic heterocycles. The minimum Gasteiger partial charge on any atom is -0.519 e. The van der Waals surface area contributed by atoms with Crippen LogP contribution >= 0.6 is 0 Å². The molecular formula is C31H24BN3O3. The minimum atomic E-state index is -0.504. The third-order valence-corrected chi connectivity index (χ3v) is 6.80. The zero-order valence-electron chi connectivity index (χ0n) is 21.0. The SMILES string of the molecule is CN(C)c1ccnc(-n2c3ccccc3c3ccc(Oc4cccc(B5Oc6ccccc6O5)c4)cc32)c1. The van der Waals surface area contributed by atoms with Gasteiger partial charge in [0.05, 0.1) is 11.0 Å². The molecule has 0 bridgehead atoms. The Kier molecular flexibility index (Phi) is 5.22. The molecule has 6 nitrogen and oxygen atoms in total. The Morgan fingerprint density at radius 3 is 2.26 bits per heavy atom. The molecule has 1 aliphatic heterocycles. The van der Waals surface area contributed by atoms with Gasteiger partial charge in [-0.2, -0.15) is 0 Å². The van der Waals surface area contributed by atoms with Gasteiger partial charge in [0.15, 0.2) is 0 Å². The summed E-state index contributed by atoms with van der Waals surface area (Å²) >= 11 is 0. The maximum Gasteiger partial charge on any atom is 0.632 e. The second kappa shape index (κ2) is 8.89. The van der Waals surface area contributed by atoms with Crippen molar-refractivity contribution in [3.05, 3.63) is 109 Å². The summed E-state index contributed by atoms with van der Waals surface area (Å²) in [6, 6.07) is 34.2. The second-order valence-electron chi connectivity index (χ2n) is 9.49. The van der Waals surface area contributed by atoms with E-state index in [0.717, 1.165) is 50.6 Å². The molecule has 184 valence electrons. The standard InChI is InChI=1S/C31H24BN3O3/c1-34(2)22-16-17-33-31(19-22)35-27-11-4-3-10-25(27)26-15-14-24(20-28(26)35)36-23-9-7-8-21(18-23)32-37-29-12-5-6-13-30(29)38-32/h3-20H,1-2H3. The fourth-order valence-electron chi connectivity index (χ4n) is 4.97. The quantitative estimate of drug-likeness (QED) is 0.266. The molecule has 0 amide bonds. The summed E-state index contributed by atoms with van der Waals surface area (Å²) in [5.41, 5.74) is 4.10. The van der Waals surface area contributed by atoms with Crippen LogP contribution in [0.3, 0.4) is 0 Å². The average Bonchev–Trinajstić information content (AvgIpc) is 3.52. The molecule has 38 heavy (non-hydrogen) atoms. The molecule has 0 aliphatic carbocycles. The Labute approximate surface area is 220 Å².